The van der Waals surface area contributed by atoms with Gasteiger partial charge in [-0.3, -0.25) is 0 Å². The second-order valence-electron chi connectivity index (χ2n) is 7.94. The SMILES string of the molecule is CCCc1ccc(CCc2ccc(C#Cc3ccc4c(F)c(F)c(F)cc4c3)cc2)cc1. The van der Waals surface area contributed by atoms with Crippen LogP contribution >= 0.6 is 0 Å². The number of aryl methyl sites for hydroxylation is 3. The van der Waals surface area contributed by atoms with Crippen LogP contribution in [0.1, 0.15) is 41.2 Å². The highest BCUT2D eigenvalue weighted by atomic mass is 19.2. The Balaban J connectivity index is 1.42. The molecular formula is C29H23F3. The van der Waals surface area contributed by atoms with E-state index in [1.807, 2.05) is 12.1 Å². The van der Waals surface area contributed by atoms with Gasteiger partial charge in [0, 0.05) is 16.5 Å². The van der Waals surface area contributed by atoms with Crippen molar-refractivity contribution in [3.8, 4) is 11.8 Å². The Hall–Kier alpha value is -3.51. The van der Waals surface area contributed by atoms with Crippen molar-refractivity contribution in [3.63, 3.8) is 0 Å². The summed E-state index contributed by atoms with van der Waals surface area (Å²) < 4.78 is 40.7. The van der Waals surface area contributed by atoms with E-state index in [1.54, 1.807) is 12.1 Å². The summed E-state index contributed by atoms with van der Waals surface area (Å²) in [5, 5.41) is 0.324. The van der Waals surface area contributed by atoms with Crippen LogP contribution in [0.15, 0.2) is 72.8 Å². The molecule has 0 atom stereocenters. The van der Waals surface area contributed by atoms with Crippen LogP contribution in [0.4, 0.5) is 13.2 Å². The van der Waals surface area contributed by atoms with Crippen molar-refractivity contribution < 1.29 is 13.2 Å². The van der Waals surface area contributed by atoms with E-state index in [2.05, 4.69) is 55.2 Å². The molecule has 0 saturated carbocycles. The van der Waals surface area contributed by atoms with E-state index in [-0.39, 0.29) is 10.8 Å². The Morgan fingerprint density at radius 2 is 1.12 bits per heavy atom. The first-order chi connectivity index (χ1) is 15.5. The Kier molecular flexibility index (Phi) is 6.61. The van der Waals surface area contributed by atoms with Gasteiger partial charge in [-0.15, -0.1) is 0 Å². The predicted octanol–water partition coefficient (Wildman–Crippen LogP) is 7.39. The fraction of sp³-hybridized carbons (Fsp3) is 0.172. The van der Waals surface area contributed by atoms with E-state index in [9.17, 15) is 13.2 Å². The molecule has 0 aliphatic heterocycles. The maximum absolute atomic E-state index is 13.8. The molecule has 0 spiro atoms. The van der Waals surface area contributed by atoms with Crippen molar-refractivity contribution in [2.24, 2.45) is 0 Å². The molecule has 0 aliphatic carbocycles. The Morgan fingerprint density at radius 3 is 1.75 bits per heavy atom. The van der Waals surface area contributed by atoms with Gasteiger partial charge in [0.1, 0.15) is 0 Å². The monoisotopic (exact) mass is 428 g/mol. The lowest BCUT2D eigenvalue weighted by molar-refractivity contribution is 0.453. The fourth-order valence-electron chi connectivity index (χ4n) is 3.73. The summed E-state index contributed by atoms with van der Waals surface area (Å²) in [6.07, 6.45) is 4.22. The van der Waals surface area contributed by atoms with Crippen molar-refractivity contribution in [2.45, 2.75) is 32.6 Å². The van der Waals surface area contributed by atoms with Crippen LogP contribution < -0.4 is 0 Å². The summed E-state index contributed by atoms with van der Waals surface area (Å²) >= 11 is 0. The van der Waals surface area contributed by atoms with Crippen LogP contribution in [0.5, 0.6) is 0 Å². The van der Waals surface area contributed by atoms with E-state index in [4.69, 9.17) is 0 Å². The highest BCUT2D eigenvalue weighted by Gasteiger charge is 2.13. The number of fused-ring (bicyclic) bond motifs is 1. The first-order valence-electron chi connectivity index (χ1n) is 10.8. The largest absolute Gasteiger partial charge is 0.204 e. The highest BCUT2D eigenvalue weighted by Crippen LogP contribution is 2.24. The predicted molar refractivity (Wildman–Crippen MR) is 124 cm³/mol. The number of rotatable bonds is 5. The molecule has 0 amide bonds. The van der Waals surface area contributed by atoms with Crippen LogP contribution in [0.3, 0.4) is 0 Å². The molecule has 0 N–H and O–H groups in total. The molecule has 0 heterocycles. The van der Waals surface area contributed by atoms with E-state index < -0.39 is 17.5 Å². The minimum Gasteiger partial charge on any atom is -0.204 e. The minimum absolute atomic E-state index is 0.0406. The summed E-state index contributed by atoms with van der Waals surface area (Å²) in [6, 6.07) is 22.5. The topological polar surface area (TPSA) is 0 Å². The Bertz CT molecular complexity index is 1290. The molecule has 0 saturated heterocycles. The second kappa shape index (κ2) is 9.75. The van der Waals surface area contributed by atoms with E-state index in [0.29, 0.717) is 5.56 Å². The van der Waals surface area contributed by atoms with Crippen LogP contribution in [0.2, 0.25) is 0 Å². The van der Waals surface area contributed by atoms with Crippen LogP contribution in [-0.4, -0.2) is 0 Å². The molecule has 0 radical (unpaired) electrons. The zero-order valence-corrected chi connectivity index (χ0v) is 17.9. The standard InChI is InChI=1S/C29H23F3/c1-2-3-20-4-6-21(7-5-20)8-9-22-10-12-23(13-11-22)14-15-24-16-17-26-25(18-24)19-27(30)29(32)28(26)31/h4-7,10-13,16-19H,2-3,8-9H2,1H3. The summed E-state index contributed by atoms with van der Waals surface area (Å²) in [4.78, 5) is 0. The lowest BCUT2D eigenvalue weighted by Crippen LogP contribution is -1.93. The van der Waals surface area contributed by atoms with Gasteiger partial charge < -0.3 is 0 Å². The quantitative estimate of drug-likeness (QED) is 0.230. The first kappa shape index (κ1) is 21.7. The molecule has 0 bridgehead atoms. The Labute approximate surface area is 186 Å². The smallest absolute Gasteiger partial charge is 0.195 e. The molecular weight excluding hydrogens is 405 g/mol. The van der Waals surface area contributed by atoms with E-state index in [1.165, 1.54) is 22.8 Å². The normalized spacial score (nSPS) is 10.8. The van der Waals surface area contributed by atoms with Gasteiger partial charge in [-0.2, -0.15) is 0 Å². The van der Waals surface area contributed by atoms with Gasteiger partial charge >= 0.3 is 0 Å². The molecule has 0 unspecified atom stereocenters. The van der Waals surface area contributed by atoms with Crippen molar-refractivity contribution in [3.05, 3.63) is 118 Å². The van der Waals surface area contributed by atoms with Gasteiger partial charge in [-0.05, 0) is 71.7 Å². The lowest BCUT2D eigenvalue weighted by atomic mass is 10.0. The number of hydrogen-bond acceptors (Lipinski definition) is 0. The zero-order chi connectivity index (χ0) is 22.5. The first-order valence-corrected chi connectivity index (χ1v) is 10.8. The second-order valence-corrected chi connectivity index (χ2v) is 7.94. The van der Waals surface area contributed by atoms with Crippen molar-refractivity contribution >= 4 is 10.8 Å². The number of benzene rings is 4. The van der Waals surface area contributed by atoms with Gasteiger partial charge in [0.2, 0.25) is 0 Å². The zero-order valence-electron chi connectivity index (χ0n) is 17.9. The van der Waals surface area contributed by atoms with Gasteiger partial charge in [-0.25, -0.2) is 13.2 Å². The van der Waals surface area contributed by atoms with Crippen molar-refractivity contribution in [2.75, 3.05) is 0 Å². The van der Waals surface area contributed by atoms with Crippen LogP contribution in [-0.2, 0) is 19.3 Å². The minimum atomic E-state index is -1.45. The number of hydrogen-bond donors (Lipinski definition) is 0. The van der Waals surface area contributed by atoms with Crippen LogP contribution in [0, 0.1) is 29.3 Å². The van der Waals surface area contributed by atoms with E-state index >= 15 is 0 Å². The van der Waals surface area contributed by atoms with Gasteiger partial charge in [0.25, 0.3) is 0 Å². The third-order valence-corrected chi connectivity index (χ3v) is 5.54. The molecule has 0 aromatic heterocycles. The third-order valence-electron chi connectivity index (χ3n) is 5.54. The molecule has 4 aromatic rings. The van der Waals surface area contributed by atoms with Crippen molar-refractivity contribution in [1.29, 1.82) is 0 Å². The maximum Gasteiger partial charge on any atom is 0.195 e. The lowest BCUT2D eigenvalue weighted by Gasteiger charge is -2.04. The summed E-state index contributed by atoms with van der Waals surface area (Å²) in [6.45, 7) is 2.19. The van der Waals surface area contributed by atoms with Crippen LogP contribution in [0.25, 0.3) is 10.8 Å². The molecule has 32 heavy (non-hydrogen) atoms. The Morgan fingerprint density at radius 1 is 0.594 bits per heavy atom. The highest BCUT2D eigenvalue weighted by molar-refractivity contribution is 5.84. The average molecular weight is 428 g/mol. The summed E-state index contributed by atoms with van der Waals surface area (Å²) in [5.74, 6) is 2.26. The maximum atomic E-state index is 13.8. The van der Waals surface area contributed by atoms with E-state index in [0.717, 1.165) is 37.3 Å². The van der Waals surface area contributed by atoms with Gasteiger partial charge in [0.05, 0.1) is 0 Å². The molecule has 0 aliphatic rings. The molecule has 0 fully saturated rings. The third kappa shape index (κ3) is 5.03. The number of halogens is 3. The van der Waals surface area contributed by atoms with Gasteiger partial charge in [-0.1, -0.05) is 67.6 Å². The average Bonchev–Trinajstić information content (AvgIpc) is 2.81. The summed E-state index contributed by atoms with van der Waals surface area (Å²) in [7, 11) is 0. The molecule has 4 aromatic carbocycles. The molecule has 3 heteroatoms. The summed E-state index contributed by atoms with van der Waals surface area (Å²) in [5.41, 5.74) is 5.42. The fourth-order valence-corrected chi connectivity index (χ4v) is 3.73. The molecule has 4 rings (SSSR count). The van der Waals surface area contributed by atoms with Gasteiger partial charge in [0.15, 0.2) is 17.5 Å². The molecule has 160 valence electrons. The van der Waals surface area contributed by atoms with Crippen molar-refractivity contribution in [1.82, 2.24) is 0 Å². The molecule has 0 nitrogen and oxygen atoms in total.